The third-order valence-corrected chi connectivity index (χ3v) is 4.10. The van der Waals surface area contributed by atoms with Crippen molar-refractivity contribution in [2.24, 2.45) is 0 Å². The van der Waals surface area contributed by atoms with Crippen LogP contribution >= 0.6 is 11.6 Å². The first-order valence-electron chi connectivity index (χ1n) is 12.4. The zero-order valence-electron chi connectivity index (χ0n) is 22.6. The first kappa shape index (κ1) is 9.07. The third kappa shape index (κ3) is 2.92. The van der Waals surface area contributed by atoms with Crippen molar-refractivity contribution in [2.45, 2.75) is 0 Å². The van der Waals surface area contributed by atoms with Crippen LogP contribution in [0.1, 0.15) is 12.3 Å². The molecule has 5 aromatic rings. The summed E-state index contributed by atoms with van der Waals surface area (Å²) in [5.74, 6) is 0.000194. The fourth-order valence-electron chi connectivity index (χ4n) is 2.70. The molecule has 0 aliphatic rings. The van der Waals surface area contributed by atoms with Gasteiger partial charge in [0.25, 0.3) is 0 Å². The maximum Gasteiger partial charge on any atom is 0.226 e. The van der Waals surface area contributed by atoms with E-state index >= 15 is 0 Å². The van der Waals surface area contributed by atoms with Gasteiger partial charge < -0.3 is 0 Å². The van der Waals surface area contributed by atoms with Gasteiger partial charge in [0.05, 0.1) is 12.3 Å². The molecular formula is C23H14ClN3. The average molecular weight is 377 g/mol. The molecule has 0 saturated carbocycles. The molecule has 0 atom stereocenters. The summed E-state index contributed by atoms with van der Waals surface area (Å²) in [6.07, 6.45) is 0. The van der Waals surface area contributed by atoms with E-state index in [0.717, 1.165) is 0 Å². The van der Waals surface area contributed by atoms with E-state index in [2.05, 4.69) is 15.0 Å². The van der Waals surface area contributed by atoms with Gasteiger partial charge in [-0.25, -0.2) is 4.98 Å². The maximum absolute atomic E-state index is 8.96. The van der Waals surface area contributed by atoms with Gasteiger partial charge in [0.2, 0.25) is 5.28 Å². The van der Waals surface area contributed by atoms with E-state index in [1.165, 1.54) is 0 Å². The lowest BCUT2D eigenvalue weighted by Crippen LogP contribution is -1.97. The Morgan fingerprint density at radius 2 is 1.33 bits per heavy atom. The van der Waals surface area contributed by atoms with Crippen LogP contribution in [0.5, 0.6) is 0 Å². The van der Waals surface area contributed by atoms with E-state index in [9.17, 15) is 0 Å². The van der Waals surface area contributed by atoms with Gasteiger partial charge in [-0.05, 0) is 39.2 Å². The van der Waals surface area contributed by atoms with E-state index in [1.807, 2.05) is 0 Å². The number of aromatic nitrogens is 3. The number of halogens is 1. The van der Waals surface area contributed by atoms with E-state index in [-0.39, 0.29) is 44.0 Å². The molecule has 0 unspecified atom stereocenters. The number of hydrogen-bond donors (Lipinski definition) is 0. The van der Waals surface area contributed by atoms with Crippen LogP contribution in [-0.4, -0.2) is 15.0 Å². The van der Waals surface area contributed by atoms with Crippen LogP contribution in [0.25, 0.3) is 44.3 Å². The molecule has 1 aromatic heterocycles. The smallest absolute Gasteiger partial charge is 0.208 e. The van der Waals surface area contributed by atoms with Crippen LogP contribution in [0.2, 0.25) is 5.28 Å². The van der Waals surface area contributed by atoms with Gasteiger partial charge in [-0.3, -0.25) is 0 Å². The molecule has 0 aliphatic carbocycles. The largest absolute Gasteiger partial charge is 0.226 e. The second-order valence-electron chi connectivity index (χ2n) is 5.62. The van der Waals surface area contributed by atoms with Crippen LogP contribution in [-0.2, 0) is 0 Å². The van der Waals surface area contributed by atoms with Crippen LogP contribution < -0.4 is 0 Å². The van der Waals surface area contributed by atoms with Crippen molar-refractivity contribution in [3.8, 4) is 22.8 Å². The summed E-state index contributed by atoms with van der Waals surface area (Å²) < 4.78 is 75.9. The quantitative estimate of drug-likeness (QED) is 0.346. The molecule has 128 valence electrons. The molecule has 0 bridgehead atoms. The summed E-state index contributed by atoms with van der Waals surface area (Å²) in [7, 11) is 0. The summed E-state index contributed by atoms with van der Waals surface area (Å²) in [6.45, 7) is 0. The van der Waals surface area contributed by atoms with Gasteiger partial charge in [0.1, 0.15) is 0 Å². The van der Waals surface area contributed by atoms with Crippen molar-refractivity contribution in [1.82, 2.24) is 15.0 Å². The average Bonchev–Trinajstić information content (AvgIpc) is 2.86. The first-order chi connectivity index (χ1) is 17.0. The van der Waals surface area contributed by atoms with Gasteiger partial charge in [-0.2, -0.15) is 9.97 Å². The molecule has 0 spiro atoms. The summed E-state index contributed by atoms with van der Waals surface area (Å²) in [5, 5.41) is -1.03. The Morgan fingerprint density at radius 1 is 0.667 bits per heavy atom. The van der Waals surface area contributed by atoms with E-state index in [4.69, 9.17) is 23.9 Å². The standard InChI is InChI=1S/C23H14ClN3/c24-23-26-21(17-7-2-1-3-8-17)25-22(27-23)18-13-12-16-11-10-15-6-4-5-9-19(15)20(16)14-18/h1-14H/i4D,5D,6D,9D,10D,11D,12D,13D,14D. The van der Waals surface area contributed by atoms with Gasteiger partial charge >= 0.3 is 0 Å². The van der Waals surface area contributed by atoms with Crippen molar-refractivity contribution >= 4 is 33.1 Å². The Morgan fingerprint density at radius 3 is 2.15 bits per heavy atom. The molecule has 4 heteroatoms. The molecule has 0 fully saturated rings. The molecule has 0 radical (unpaired) electrons. The fraction of sp³-hybridized carbons (Fsp3) is 0. The molecular weight excluding hydrogens is 354 g/mol. The second kappa shape index (κ2) is 6.45. The highest BCUT2D eigenvalue weighted by atomic mass is 35.5. The molecule has 4 aromatic carbocycles. The lowest BCUT2D eigenvalue weighted by atomic mass is 10.00. The normalized spacial score (nSPS) is 15.8. The monoisotopic (exact) mass is 376 g/mol. The third-order valence-electron chi connectivity index (χ3n) is 3.93. The number of rotatable bonds is 2. The Labute approximate surface area is 174 Å². The summed E-state index contributed by atoms with van der Waals surface area (Å²) in [4.78, 5) is 12.6. The lowest BCUT2D eigenvalue weighted by molar-refractivity contribution is 1.07. The first-order valence-corrected chi connectivity index (χ1v) is 8.32. The Kier molecular flexibility index (Phi) is 2.17. The van der Waals surface area contributed by atoms with Crippen LogP contribution in [0.3, 0.4) is 0 Å². The minimum atomic E-state index is -0.581. The fourth-order valence-corrected chi connectivity index (χ4v) is 2.86. The highest BCUT2D eigenvalue weighted by Gasteiger charge is 2.10. The zero-order valence-corrected chi connectivity index (χ0v) is 14.4. The van der Waals surface area contributed by atoms with E-state index in [0.29, 0.717) is 5.56 Å². The predicted molar refractivity (Wildman–Crippen MR) is 111 cm³/mol. The highest BCUT2D eigenvalue weighted by Crippen LogP contribution is 2.29. The topological polar surface area (TPSA) is 38.7 Å². The van der Waals surface area contributed by atoms with E-state index in [1.54, 1.807) is 30.3 Å². The van der Waals surface area contributed by atoms with Crippen molar-refractivity contribution in [2.75, 3.05) is 0 Å². The molecule has 3 nitrogen and oxygen atoms in total. The Balaban J connectivity index is 1.98. The summed E-state index contributed by atoms with van der Waals surface area (Å²) in [6, 6.07) is 4.19. The van der Waals surface area contributed by atoms with Crippen LogP contribution in [0.15, 0.2) is 84.7 Å². The Bertz CT molecular complexity index is 1740. The van der Waals surface area contributed by atoms with Gasteiger partial charge in [0.15, 0.2) is 11.6 Å². The maximum atomic E-state index is 8.96. The van der Waals surface area contributed by atoms with Gasteiger partial charge in [-0.15, -0.1) is 0 Å². The molecule has 5 rings (SSSR count). The minimum absolute atomic E-state index is 0.160. The number of benzene rings is 4. The molecule has 0 amide bonds. The molecule has 1 heterocycles. The summed E-state index contributed by atoms with van der Waals surface area (Å²) >= 11 is 6.15. The SMILES string of the molecule is [2H]c1c([2H])c([2H])c2c(c1[2H])c([2H])c([2H])c1c([2H])c([2H])c(-c3nc(Cl)nc(-c4ccccc4)n3)c([2H])c12. The highest BCUT2D eigenvalue weighted by molar-refractivity contribution is 6.28. The van der Waals surface area contributed by atoms with Gasteiger partial charge in [-0.1, -0.05) is 78.7 Å². The molecule has 0 aliphatic heterocycles. The molecule has 27 heavy (non-hydrogen) atoms. The number of fused-ring (bicyclic) bond motifs is 3. The number of nitrogens with zero attached hydrogens (tertiary/aromatic N) is 3. The predicted octanol–water partition coefficient (Wildman–Crippen LogP) is 6.17. The number of hydrogen-bond acceptors (Lipinski definition) is 3. The molecule has 0 saturated heterocycles. The second-order valence-corrected chi connectivity index (χ2v) is 5.96. The van der Waals surface area contributed by atoms with Gasteiger partial charge in [0, 0.05) is 11.1 Å². The molecule has 0 N–H and O–H groups in total. The van der Waals surface area contributed by atoms with Crippen molar-refractivity contribution < 1.29 is 12.3 Å². The van der Waals surface area contributed by atoms with Crippen LogP contribution in [0.4, 0.5) is 0 Å². The van der Waals surface area contributed by atoms with Crippen molar-refractivity contribution in [3.05, 3.63) is 90.0 Å². The zero-order chi connectivity index (χ0) is 26.0. The summed E-state index contributed by atoms with van der Waals surface area (Å²) in [5.41, 5.74) is 0.389. The lowest BCUT2D eigenvalue weighted by Gasteiger charge is -2.08. The minimum Gasteiger partial charge on any atom is -0.208 e. The van der Waals surface area contributed by atoms with Crippen molar-refractivity contribution in [3.63, 3.8) is 0 Å². The van der Waals surface area contributed by atoms with E-state index < -0.39 is 54.4 Å². The van der Waals surface area contributed by atoms with Crippen LogP contribution in [0, 0.1) is 0 Å². The Hall–Kier alpha value is -3.30. The van der Waals surface area contributed by atoms with Crippen molar-refractivity contribution in [1.29, 1.82) is 0 Å².